The van der Waals surface area contributed by atoms with Crippen molar-refractivity contribution in [2.45, 2.75) is 40.2 Å². The van der Waals surface area contributed by atoms with Gasteiger partial charge in [-0.05, 0) is 61.1 Å². The molecule has 0 saturated heterocycles. The molecular weight excluding hydrogens is 428 g/mol. The molecule has 2 aromatic carbocycles. The van der Waals surface area contributed by atoms with E-state index in [1.807, 2.05) is 42.5 Å². The normalized spacial score (nSPS) is 16.1. The van der Waals surface area contributed by atoms with Crippen molar-refractivity contribution in [3.05, 3.63) is 76.4 Å². The number of nitrogens with zero attached hydrogens (tertiary/aromatic N) is 2. The highest BCUT2D eigenvalue weighted by molar-refractivity contribution is 6.19. The van der Waals surface area contributed by atoms with Crippen molar-refractivity contribution in [1.29, 1.82) is 5.26 Å². The van der Waals surface area contributed by atoms with E-state index in [4.69, 9.17) is 9.47 Å². The van der Waals surface area contributed by atoms with Crippen molar-refractivity contribution >= 4 is 17.9 Å². The molecule has 0 aliphatic carbocycles. The maximum atomic E-state index is 13.5. The second-order valence-electron chi connectivity index (χ2n) is 8.68. The molecule has 6 heteroatoms. The van der Waals surface area contributed by atoms with Crippen LogP contribution in [0.1, 0.15) is 51.3 Å². The molecular formula is C28H30N2O4. The van der Waals surface area contributed by atoms with Crippen LogP contribution >= 0.6 is 0 Å². The van der Waals surface area contributed by atoms with Crippen molar-refractivity contribution in [3.8, 4) is 17.6 Å². The van der Waals surface area contributed by atoms with Crippen LogP contribution in [0.25, 0.3) is 6.08 Å². The Hall–Kier alpha value is -3.85. The van der Waals surface area contributed by atoms with Gasteiger partial charge in [0.1, 0.15) is 11.6 Å². The summed E-state index contributed by atoms with van der Waals surface area (Å²) in [7, 11) is 1.56. The lowest BCUT2D eigenvalue weighted by molar-refractivity contribution is -0.143. The molecule has 1 unspecified atom stereocenters. The summed E-state index contributed by atoms with van der Waals surface area (Å²) in [6.07, 6.45) is 2.61. The predicted molar refractivity (Wildman–Crippen MR) is 131 cm³/mol. The summed E-state index contributed by atoms with van der Waals surface area (Å²) >= 11 is 0. The quantitative estimate of drug-likeness (QED) is 0.387. The van der Waals surface area contributed by atoms with E-state index in [0.29, 0.717) is 40.7 Å². The molecule has 0 bridgehead atoms. The van der Waals surface area contributed by atoms with Gasteiger partial charge in [-0.3, -0.25) is 14.5 Å². The standard InChI is InChI=1S/C28H30N2O4/c1-18(2)13-14-34-25-12-11-21(16-26(25)33-5)15-23-19(3)24(17-29)28(32)30(27(23)31)20(4)22-9-7-6-8-10-22/h6-12,15-16,18,20H,13-14H2,1-5H3/b23-15+. The number of benzene rings is 2. The van der Waals surface area contributed by atoms with E-state index in [-0.39, 0.29) is 5.57 Å². The number of rotatable bonds is 8. The third-order valence-electron chi connectivity index (χ3n) is 5.89. The highest BCUT2D eigenvalue weighted by Crippen LogP contribution is 2.34. The predicted octanol–water partition coefficient (Wildman–Crippen LogP) is 5.47. The van der Waals surface area contributed by atoms with Crippen LogP contribution in [0, 0.1) is 17.2 Å². The Kier molecular flexibility index (Phi) is 7.91. The number of imide groups is 1. The lowest BCUT2D eigenvalue weighted by Gasteiger charge is -2.32. The minimum absolute atomic E-state index is 0.0331. The van der Waals surface area contributed by atoms with Crippen molar-refractivity contribution in [2.75, 3.05) is 13.7 Å². The van der Waals surface area contributed by atoms with E-state index in [1.165, 1.54) is 0 Å². The monoisotopic (exact) mass is 458 g/mol. The van der Waals surface area contributed by atoms with Crippen LogP contribution < -0.4 is 9.47 Å². The molecule has 2 amide bonds. The van der Waals surface area contributed by atoms with Gasteiger partial charge in [0.05, 0.1) is 19.8 Å². The van der Waals surface area contributed by atoms with Gasteiger partial charge in [-0.25, -0.2) is 0 Å². The molecule has 1 heterocycles. The summed E-state index contributed by atoms with van der Waals surface area (Å²) in [4.78, 5) is 27.7. The molecule has 6 nitrogen and oxygen atoms in total. The Bertz CT molecular complexity index is 1170. The van der Waals surface area contributed by atoms with Crippen molar-refractivity contribution < 1.29 is 19.1 Å². The fourth-order valence-electron chi connectivity index (χ4n) is 3.80. The second-order valence-corrected chi connectivity index (χ2v) is 8.68. The molecule has 0 N–H and O–H groups in total. The van der Waals surface area contributed by atoms with Gasteiger partial charge in [0, 0.05) is 5.57 Å². The third-order valence-corrected chi connectivity index (χ3v) is 5.89. The van der Waals surface area contributed by atoms with Crippen molar-refractivity contribution in [1.82, 2.24) is 4.90 Å². The van der Waals surface area contributed by atoms with Gasteiger partial charge in [0.25, 0.3) is 11.8 Å². The fourth-order valence-corrected chi connectivity index (χ4v) is 3.80. The van der Waals surface area contributed by atoms with Gasteiger partial charge < -0.3 is 9.47 Å². The summed E-state index contributed by atoms with van der Waals surface area (Å²) in [6, 6.07) is 16.2. The van der Waals surface area contributed by atoms with Crippen LogP contribution in [0.4, 0.5) is 0 Å². The Morgan fingerprint density at radius 2 is 1.74 bits per heavy atom. The van der Waals surface area contributed by atoms with Crippen LogP contribution in [0.5, 0.6) is 11.5 Å². The van der Waals surface area contributed by atoms with Crippen LogP contribution in [0.15, 0.2) is 65.3 Å². The van der Waals surface area contributed by atoms with Crippen LogP contribution in [0.3, 0.4) is 0 Å². The highest BCUT2D eigenvalue weighted by Gasteiger charge is 2.38. The number of hydrogen-bond acceptors (Lipinski definition) is 5. The van der Waals surface area contributed by atoms with E-state index < -0.39 is 17.9 Å². The van der Waals surface area contributed by atoms with Crippen LogP contribution in [0.2, 0.25) is 0 Å². The maximum Gasteiger partial charge on any atom is 0.272 e. The zero-order valence-electron chi connectivity index (χ0n) is 20.3. The zero-order chi connectivity index (χ0) is 24.8. The number of amides is 2. The molecule has 0 radical (unpaired) electrons. The molecule has 1 aliphatic rings. The average Bonchev–Trinajstić information content (AvgIpc) is 2.83. The van der Waals surface area contributed by atoms with Crippen molar-refractivity contribution in [2.24, 2.45) is 5.92 Å². The summed E-state index contributed by atoms with van der Waals surface area (Å²) in [5.41, 5.74) is 2.15. The highest BCUT2D eigenvalue weighted by atomic mass is 16.5. The Balaban J connectivity index is 1.99. The van der Waals surface area contributed by atoms with E-state index in [9.17, 15) is 14.9 Å². The summed E-state index contributed by atoms with van der Waals surface area (Å²) in [5, 5.41) is 9.68. The maximum absolute atomic E-state index is 13.5. The van der Waals surface area contributed by atoms with Crippen molar-refractivity contribution in [3.63, 3.8) is 0 Å². The van der Waals surface area contributed by atoms with Gasteiger partial charge in [-0.15, -0.1) is 0 Å². The number of carbonyl (C=O) groups is 2. The first-order valence-corrected chi connectivity index (χ1v) is 11.3. The van der Waals surface area contributed by atoms with Crippen LogP contribution in [-0.4, -0.2) is 30.4 Å². The van der Waals surface area contributed by atoms with Crippen LogP contribution in [-0.2, 0) is 9.59 Å². The summed E-state index contributed by atoms with van der Waals surface area (Å²) in [5.74, 6) is 0.688. The molecule has 34 heavy (non-hydrogen) atoms. The van der Waals surface area contributed by atoms with Gasteiger partial charge in [0.2, 0.25) is 0 Å². The Morgan fingerprint density at radius 3 is 2.35 bits per heavy atom. The SMILES string of the molecule is COc1cc(/C=C2/C(=O)N(C(C)c3ccccc3)C(=O)C(C#N)=C2C)ccc1OCCC(C)C. The molecule has 0 aromatic heterocycles. The Morgan fingerprint density at radius 1 is 1.03 bits per heavy atom. The zero-order valence-corrected chi connectivity index (χ0v) is 20.3. The molecule has 1 atom stereocenters. The molecule has 2 aromatic rings. The first-order chi connectivity index (χ1) is 16.3. The Labute approximate surface area is 201 Å². The molecule has 0 fully saturated rings. The lowest BCUT2D eigenvalue weighted by atomic mass is 9.91. The van der Waals surface area contributed by atoms with E-state index in [0.717, 1.165) is 16.9 Å². The summed E-state index contributed by atoms with van der Waals surface area (Å²) in [6.45, 7) is 8.26. The minimum Gasteiger partial charge on any atom is -0.493 e. The van der Waals surface area contributed by atoms with Gasteiger partial charge >= 0.3 is 0 Å². The topological polar surface area (TPSA) is 79.6 Å². The largest absolute Gasteiger partial charge is 0.493 e. The smallest absolute Gasteiger partial charge is 0.272 e. The molecule has 0 saturated carbocycles. The van der Waals surface area contributed by atoms with E-state index in [2.05, 4.69) is 13.8 Å². The number of ether oxygens (including phenoxy) is 2. The lowest BCUT2D eigenvalue weighted by Crippen LogP contribution is -2.44. The fraction of sp³-hybridized carbons (Fsp3) is 0.321. The van der Waals surface area contributed by atoms with Gasteiger partial charge in [-0.2, -0.15) is 5.26 Å². The number of hydrogen-bond donors (Lipinski definition) is 0. The third kappa shape index (κ3) is 5.20. The van der Waals surface area contributed by atoms with E-state index >= 15 is 0 Å². The minimum atomic E-state index is -0.579. The average molecular weight is 459 g/mol. The van der Waals surface area contributed by atoms with Gasteiger partial charge in [-0.1, -0.05) is 50.2 Å². The summed E-state index contributed by atoms with van der Waals surface area (Å²) < 4.78 is 11.3. The molecule has 176 valence electrons. The van der Waals surface area contributed by atoms with E-state index in [1.54, 1.807) is 39.2 Å². The molecule has 3 rings (SSSR count). The first kappa shape index (κ1) is 24.8. The first-order valence-electron chi connectivity index (χ1n) is 11.3. The number of nitriles is 1. The number of methoxy groups -OCH3 is 1. The van der Waals surface area contributed by atoms with Gasteiger partial charge in [0.15, 0.2) is 11.5 Å². The molecule has 0 spiro atoms. The molecule has 1 aliphatic heterocycles. The second kappa shape index (κ2) is 10.8. The number of carbonyl (C=O) groups excluding carboxylic acids is 2.